The van der Waals surface area contributed by atoms with Gasteiger partial charge in [-0.2, -0.15) is 0 Å². The minimum absolute atomic E-state index is 0.902. The summed E-state index contributed by atoms with van der Waals surface area (Å²) in [5.41, 5.74) is 9.41. The molecule has 0 saturated heterocycles. The maximum absolute atomic E-state index is 4.50. The third kappa shape index (κ3) is 3.21. The van der Waals surface area contributed by atoms with E-state index in [0.29, 0.717) is 0 Å². The number of rotatable bonds is 2. The number of aromatic nitrogens is 3. The number of hydrogen-bond donors (Lipinski definition) is 0. The minimum Gasteiger partial charge on any atom is -0.258 e. The van der Waals surface area contributed by atoms with Crippen molar-refractivity contribution >= 4 is 10.8 Å². The fraction of sp³-hybridized carbons (Fsp3) is 0.208. The lowest BCUT2D eigenvalue weighted by molar-refractivity contribution is -0.659. The van der Waals surface area contributed by atoms with E-state index < -0.39 is 0 Å². The van der Waals surface area contributed by atoms with Gasteiger partial charge in [0.1, 0.15) is 7.05 Å². The van der Waals surface area contributed by atoms with Gasteiger partial charge in [0, 0.05) is 28.8 Å². The van der Waals surface area contributed by atoms with Crippen molar-refractivity contribution in [2.45, 2.75) is 27.7 Å². The largest absolute Gasteiger partial charge is 0.258 e. The van der Waals surface area contributed by atoms with Crippen molar-refractivity contribution in [3.63, 3.8) is 0 Å². The van der Waals surface area contributed by atoms with Gasteiger partial charge in [-0.3, -0.25) is 9.97 Å². The van der Waals surface area contributed by atoms with Crippen LogP contribution in [0.5, 0.6) is 0 Å². The number of pyridine rings is 1. The van der Waals surface area contributed by atoms with Crippen molar-refractivity contribution in [1.82, 2.24) is 9.97 Å². The van der Waals surface area contributed by atoms with E-state index >= 15 is 0 Å². The van der Waals surface area contributed by atoms with E-state index in [1.165, 1.54) is 38.7 Å². The Morgan fingerprint density at radius 1 is 0.815 bits per heavy atom. The second kappa shape index (κ2) is 6.58. The first-order valence-corrected chi connectivity index (χ1v) is 9.23. The van der Waals surface area contributed by atoms with Gasteiger partial charge in [-0.15, -0.1) is 0 Å². The van der Waals surface area contributed by atoms with Crippen molar-refractivity contribution < 1.29 is 4.57 Å². The molecule has 0 atom stereocenters. The molecule has 0 N–H and O–H groups in total. The molecule has 0 aliphatic rings. The van der Waals surface area contributed by atoms with E-state index in [1.807, 2.05) is 19.3 Å². The summed E-state index contributed by atoms with van der Waals surface area (Å²) in [4.78, 5) is 8.87. The number of nitrogens with zero attached hydrogens (tertiary/aromatic N) is 3. The summed E-state index contributed by atoms with van der Waals surface area (Å²) in [7, 11) is 2.12. The predicted octanol–water partition coefficient (Wildman–Crippen LogP) is 5.02. The number of fused-ring (bicyclic) bond motifs is 1. The summed E-state index contributed by atoms with van der Waals surface area (Å²) in [5.74, 6) is 0. The van der Waals surface area contributed by atoms with Crippen LogP contribution in [-0.2, 0) is 7.05 Å². The molecule has 4 aromatic rings. The third-order valence-electron chi connectivity index (χ3n) is 5.26. The molecule has 4 rings (SSSR count). The van der Waals surface area contributed by atoms with Crippen LogP contribution in [0, 0.1) is 27.7 Å². The molecule has 134 valence electrons. The second-order valence-corrected chi connectivity index (χ2v) is 7.41. The number of hydrogen-bond acceptors (Lipinski definition) is 2. The zero-order chi connectivity index (χ0) is 19.1. The van der Waals surface area contributed by atoms with Crippen LogP contribution < -0.4 is 4.57 Å². The molecule has 2 aromatic heterocycles. The fourth-order valence-electron chi connectivity index (χ4n) is 3.62. The molecule has 0 radical (unpaired) electrons. The first-order chi connectivity index (χ1) is 12.9. The normalized spacial score (nSPS) is 11.1. The first kappa shape index (κ1) is 17.3. The highest BCUT2D eigenvalue weighted by Crippen LogP contribution is 2.28. The molecule has 0 unspecified atom stereocenters. The Labute approximate surface area is 160 Å². The lowest BCUT2D eigenvalue weighted by atomic mass is 9.96. The molecule has 3 nitrogen and oxygen atoms in total. The molecule has 0 saturated carbocycles. The Morgan fingerprint density at radius 3 is 2.37 bits per heavy atom. The van der Waals surface area contributed by atoms with E-state index in [0.717, 1.165) is 17.0 Å². The van der Waals surface area contributed by atoms with Crippen molar-refractivity contribution in [2.75, 3.05) is 0 Å². The topological polar surface area (TPSA) is 29.7 Å². The maximum Gasteiger partial charge on any atom is 0.213 e. The molecule has 0 aliphatic heterocycles. The van der Waals surface area contributed by atoms with Gasteiger partial charge in [-0.05, 0) is 56.3 Å². The molecule has 2 aromatic carbocycles. The van der Waals surface area contributed by atoms with E-state index in [4.69, 9.17) is 0 Å². The van der Waals surface area contributed by atoms with Crippen molar-refractivity contribution in [3.05, 3.63) is 77.4 Å². The summed E-state index contributed by atoms with van der Waals surface area (Å²) in [6.07, 6.45) is 5.85. The molecule has 0 bridgehead atoms. The smallest absolute Gasteiger partial charge is 0.213 e. The van der Waals surface area contributed by atoms with Crippen LogP contribution in [0.1, 0.15) is 22.4 Å². The summed E-state index contributed by atoms with van der Waals surface area (Å²) < 4.78 is 2.22. The summed E-state index contributed by atoms with van der Waals surface area (Å²) >= 11 is 0. The van der Waals surface area contributed by atoms with Gasteiger partial charge in [-0.25, -0.2) is 4.57 Å². The third-order valence-corrected chi connectivity index (χ3v) is 5.26. The minimum atomic E-state index is 0.902. The first-order valence-electron chi connectivity index (χ1n) is 9.23. The summed E-state index contributed by atoms with van der Waals surface area (Å²) in [6, 6.07) is 13.3. The Hall–Kier alpha value is -3.07. The SMILES string of the molecule is Cc1cc(C)c(C)c(-c2cc3ccc(-c4cnc(C)cn4)cc3c[n+]2C)c1. The Balaban J connectivity index is 1.86. The van der Waals surface area contributed by atoms with E-state index in [1.54, 1.807) is 0 Å². The predicted molar refractivity (Wildman–Crippen MR) is 111 cm³/mol. The van der Waals surface area contributed by atoms with Crippen LogP contribution >= 0.6 is 0 Å². The average molecular weight is 354 g/mol. The molecule has 2 heterocycles. The number of aryl methyl sites for hydroxylation is 4. The lowest BCUT2D eigenvalue weighted by Crippen LogP contribution is -2.30. The molecular weight excluding hydrogens is 330 g/mol. The van der Waals surface area contributed by atoms with Gasteiger partial charge in [0.2, 0.25) is 5.69 Å². The van der Waals surface area contributed by atoms with Crippen LogP contribution in [0.4, 0.5) is 0 Å². The zero-order valence-corrected chi connectivity index (χ0v) is 16.5. The summed E-state index contributed by atoms with van der Waals surface area (Å²) in [6.45, 7) is 8.49. The molecule has 27 heavy (non-hydrogen) atoms. The Kier molecular flexibility index (Phi) is 4.23. The zero-order valence-electron chi connectivity index (χ0n) is 16.5. The van der Waals surface area contributed by atoms with Crippen LogP contribution in [0.25, 0.3) is 33.3 Å². The molecule has 0 fully saturated rings. The molecule has 0 amide bonds. The van der Waals surface area contributed by atoms with Gasteiger partial charge in [0.15, 0.2) is 6.20 Å². The molecule has 0 aliphatic carbocycles. The monoisotopic (exact) mass is 354 g/mol. The van der Waals surface area contributed by atoms with Crippen molar-refractivity contribution in [2.24, 2.45) is 7.05 Å². The number of benzene rings is 2. The summed E-state index contributed by atoms with van der Waals surface area (Å²) in [5, 5.41) is 2.42. The van der Waals surface area contributed by atoms with Crippen LogP contribution in [0.15, 0.2) is 55.0 Å². The van der Waals surface area contributed by atoms with Crippen LogP contribution in [0.2, 0.25) is 0 Å². The molecular formula is C24H24N3+. The van der Waals surface area contributed by atoms with Gasteiger partial charge >= 0.3 is 0 Å². The van der Waals surface area contributed by atoms with Crippen molar-refractivity contribution in [3.8, 4) is 22.5 Å². The highest BCUT2D eigenvalue weighted by molar-refractivity contribution is 5.88. The van der Waals surface area contributed by atoms with E-state index in [2.05, 4.69) is 84.9 Å². The Bertz CT molecular complexity index is 1160. The van der Waals surface area contributed by atoms with Gasteiger partial charge in [0.25, 0.3) is 0 Å². The van der Waals surface area contributed by atoms with Crippen molar-refractivity contribution in [1.29, 1.82) is 0 Å². The second-order valence-electron chi connectivity index (χ2n) is 7.41. The highest BCUT2D eigenvalue weighted by Gasteiger charge is 2.16. The van der Waals surface area contributed by atoms with Crippen LogP contribution in [0.3, 0.4) is 0 Å². The fourth-order valence-corrected chi connectivity index (χ4v) is 3.62. The lowest BCUT2D eigenvalue weighted by Gasteiger charge is -2.10. The highest BCUT2D eigenvalue weighted by atomic mass is 14.9. The van der Waals surface area contributed by atoms with Gasteiger partial charge < -0.3 is 0 Å². The van der Waals surface area contributed by atoms with E-state index in [9.17, 15) is 0 Å². The molecule has 0 spiro atoms. The Morgan fingerprint density at radius 2 is 1.63 bits per heavy atom. The van der Waals surface area contributed by atoms with Gasteiger partial charge in [-0.1, -0.05) is 23.8 Å². The quantitative estimate of drug-likeness (QED) is 0.473. The average Bonchev–Trinajstić information content (AvgIpc) is 2.64. The molecule has 3 heteroatoms. The van der Waals surface area contributed by atoms with Crippen LogP contribution in [-0.4, -0.2) is 9.97 Å². The van der Waals surface area contributed by atoms with E-state index in [-0.39, 0.29) is 0 Å². The standard InChI is InChI=1S/C24H24N3/c1-15-8-16(2)18(4)22(9-15)24-11-19-6-7-20(10-21(19)14-27(24)5)23-13-25-17(3)12-26-23/h6-14H,1-5H3/q+1. The maximum atomic E-state index is 4.50. The van der Waals surface area contributed by atoms with Gasteiger partial charge in [0.05, 0.1) is 17.6 Å².